The van der Waals surface area contributed by atoms with E-state index in [1.807, 2.05) is 0 Å². The van der Waals surface area contributed by atoms with E-state index in [4.69, 9.17) is 14.2 Å². The Kier molecular flexibility index (Phi) is 6.39. The topological polar surface area (TPSA) is 94.7 Å². The van der Waals surface area contributed by atoms with Gasteiger partial charge >= 0.3 is 11.9 Å². The SMILES string of the molecule is COc1ccccc1C(=O)COC(=O)c1[nH]c(C)c(C(=O)OC(C)C)c1C. The number of rotatable bonds is 7. The summed E-state index contributed by atoms with van der Waals surface area (Å²) >= 11 is 0. The van der Waals surface area contributed by atoms with Gasteiger partial charge in [0.1, 0.15) is 11.4 Å². The first kappa shape index (κ1) is 20.2. The van der Waals surface area contributed by atoms with Crippen molar-refractivity contribution in [2.24, 2.45) is 0 Å². The molecule has 7 heteroatoms. The third-order valence-corrected chi connectivity index (χ3v) is 3.93. The largest absolute Gasteiger partial charge is 0.496 e. The monoisotopic (exact) mass is 373 g/mol. The van der Waals surface area contributed by atoms with Gasteiger partial charge in [0.05, 0.1) is 24.3 Å². The van der Waals surface area contributed by atoms with Gasteiger partial charge < -0.3 is 19.2 Å². The lowest BCUT2D eigenvalue weighted by Gasteiger charge is -2.09. The van der Waals surface area contributed by atoms with E-state index >= 15 is 0 Å². The summed E-state index contributed by atoms with van der Waals surface area (Å²) in [6.07, 6.45) is -0.278. The van der Waals surface area contributed by atoms with Gasteiger partial charge in [-0.3, -0.25) is 4.79 Å². The van der Waals surface area contributed by atoms with Crippen LogP contribution in [-0.4, -0.2) is 42.5 Å². The number of para-hydroxylation sites is 1. The van der Waals surface area contributed by atoms with Crippen LogP contribution in [0.3, 0.4) is 0 Å². The zero-order chi connectivity index (χ0) is 20.1. The zero-order valence-corrected chi connectivity index (χ0v) is 16.0. The third-order valence-electron chi connectivity index (χ3n) is 3.93. The number of aromatic nitrogens is 1. The highest BCUT2D eigenvalue weighted by atomic mass is 16.5. The number of methoxy groups -OCH3 is 1. The molecule has 0 amide bonds. The van der Waals surface area contributed by atoms with Gasteiger partial charge in [0.25, 0.3) is 0 Å². The summed E-state index contributed by atoms with van der Waals surface area (Å²) in [5.41, 5.74) is 1.67. The average molecular weight is 373 g/mol. The van der Waals surface area contributed by atoms with Gasteiger partial charge in [0.2, 0.25) is 5.78 Å². The minimum absolute atomic E-state index is 0.121. The zero-order valence-electron chi connectivity index (χ0n) is 16.0. The van der Waals surface area contributed by atoms with Gasteiger partial charge in [-0.2, -0.15) is 0 Å². The molecule has 0 spiro atoms. The highest BCUT2D eigenvalue weighted by molar-refractivity contribution is 6.02. The van der Waals surface area contributed by atoms with Gasteiger partial charge in [-0.1, -0.05) is 12.1 Å². The molecule has 2 aromatic rings. The van der Waals surface area contributed by atoms with Crippen molar-refractivity contribution in [2.45, 2.75) is 33.8 Å². The van der Waals surface area contributed by atoms with Gasteiger partial charge in [-0.25, -0.2) is 9.59 Å². The molecule has 0 fully saturated rings. The first-order valence-corrected chi connectivity index (χ1v) is 8.49. The van der Waals surface area contributed by atoms with E-state index in [1.165, 1.54) is 7.11 Å². The van der Waals surface area contributed by atoms with Crippen LogP contribution in [0.1, 0.15) is 56.3 Å². The fraction of sp³-hybridized carbons (Fsp3) is 0.350. The fourth-order valence-electron chi connectivity index (χ4n) is 2.69. The van der Waals surface area contributed by atoms with E-state index < -0.39 is 18.5 Å². The van der Waals surface area contributed by atoms with Crippen LogP contribution in [0, 0.1) is 13.8 Å². The number of aromatic amines is 1. The van der Waals surface area contributed by atoms with E-state index in [9.17, 15) is 14.4 Å². The van der Waals surface area contributed by atoms with Gasteiger partial charge in [0.15, 0.2) is 6.61 Å². The Morgan fingerprint density at radius 2 is 1.74 bits per heavy atom. The van der Waals surface area contributed by atoms with E-state index in [2.05, 4.69) is 4.98 Å². The fourth-order valence-corrected chi connectivity index (χ4v) is 2.69. The summed E-state index contributed by atoms with van der Waals surface area (Å²) in [6.45, 7) is 6.34. The molecule has 0 unspecified atom stereocenters. The highest BCUT2D eigenvalue weighted by Crippen LogP contribution is 2.21. The predicted octanol–water partition coefficient (Wildman–Crippen LogP) is 3.25. The molecule has 2 rings (SSSR count). The maximum Gasteiger partial charge on any atom is 0.355 e. The molecule has 0 atom stereocenters. The molecule has 27 heavy (non-hydrogen) atoms. The number of ether oxygens (including phenoxy) is 3. The Bertz CT molecular complexity index is 865. The number of nitrogens with one attached hydrogen (secondary N) is 1. The number of hydrogen-bond acceptors (Lipinski definition) is 6. The van der Waals surface area contributed by atoms with Crippen LogP contribution in [0.4, 0.5) is 0 Å². The molecule has 0 aliphatic carbocycles. The van der Waals surface area contributed by atoms with E-state index in [0.29, 0.717) is 28.1 Å². The maximum absolute atomic E-state index is 12.4. The van der Waals surface area contributed by atoms with Crippen LogP contribution in [0.15, 0.2) is 24.3 Å². The Balaban J connectivity index is 2.13. The van der Waals surface area contributed by atoms with Crippen LogP contribution in [-0.2, 0) is 9.47 Å². The normalized spacial score (nSPS) is 10.6. The Morgan fingerprint density at radius 3 is 2.37 bits per heavy atom. The molecule has 7 nitrogen and oxygen atoms in total. The summed E-state index contributed by atoms with van der Waals surface area (Å²) in [5, 5.41) is 0. The molecule has 1 N–H and O–H groups in total. The lowest BCUT2D eigenvalue weighted by molar-refractivity contribution is 0.0376. The average Bonchev–Trinajstić information content (AvgIpc) is 2.93. The van der Waals surface area contributed by atoms with Crippen molar-refractivity contribution in [1.29, 1.82) is 0 Å². The number of benzene rings is 1. The van der Waals surface area contributed by atoms with Crippen LogP contribution in [0.5, 0.6) is 5.75 Å². The number of ketones is 1. The van der Waals surface area contributed by atoms with Crippen LogP contribution in [0.25, 0.3) is 0 Å². The van der Waals surface area contributed by atoms with Crippen molar-refractivity contribution in [1.82, 2.24) is 4.98 Å². The summed E-state index contributed by atoms with van der Waals surface area (Å²) in [6, 6.07) is 6.69. The van der Waals surface area contributed by atoms with Crippen LogP contribution >= 0.6 is 0 Å². The molecule has 1 aromatic carbocycles. The molecule has 0 bridgehead atoms. The van der Waals surface area contributed by atoms with Gasteiger partial charge in [-0.15, -0.1) is 0 Å². The first-order chi connectivity index (χ1) is 12.8. The van der Waals surface area contributed by atoms with E-state index in [1.54, 1.807) is 52.0 Å². The van der Waals surface area contributed by atoms with Crippen molar-refractivity contribution in [2.75, 3.05) is 13.7 Å². The number of H-pyrrole nitrogens is 1. The van der Waals surface area contributed by atoms with Crippen LogP contribution in [0.2, 0.25) is 0 Å². The molecule has 144 valence electrons. The molecule has 0 saturated heterocycles. The second-order valence-electron chi connectivity index (χ2n) is 6.28. The third kappa shape index (κ3) is 4.55. The standard InChI is InChI=1S/C20H23NO6/c1-11(2)27-19(23)17-12(3)18(21-13(17)4)20(24)26-10-15(22)14-8-6-7-9-16(14)25-5/h6-9,11,21H,10H2,1-5H3. The van der Waals surface area contributed by atoms with Crippen LogP contribution < -0.4 is 4.74 Å². The summed E-state index contributed by atoms with van der Waals surface area (Å²) in [4.78, 5) is 39.7. The van der Waals surface area contributed by atoms with Crippen molar-refractivity contribution in [3.63, 3.8) is 0 Å². The van der Waals surface area contributed by atoms with Crippen molar-refractivity contribution < 1.29 is 28.6 Å². The number of carbonyl (C=O) groups excluding carboxylic acids is 3. The lowest BCUT2D eigenvalue weighted by atomic mass is 10.1. The molecule has 1 heterocycles. The van der Waals surface area contributed by atoms with Gasteiger partial charge in [0, 0.05) is 5.69 Å². The smallest absolute Gasteiger partial charge is 0.355 e. The highest BCUT2D eigenvalue weighted by Gasteiger charge is 2.25. The van der Waals surface area contributed by atoms with Crippen molar-refractivity contribution in [3.8, 4) is 5.75 Å². The summed E-state index contributed by atoms with van der Waals surface area (Å²) < 4.78 is 15.5. The maximum atomic E-state index is 12.4. The van der Waals surface area contributed by atoms with E-state index in [-0.39, 0.29) is 17.6 Å². The number of carbonyl (C=O) groups is 3. The quantitative estimate of drug-likeness (QED) is 0.591. The molecular weight excluding hydrogens is 350 g/mol. The molecule has 1 aromatic heterocycles. The van der Waals surface area contributed by atoms with Crippen molar-refractivity contribution in [3.05, 3.63) is 52.3 Å². The minimum atomic E-state index is -0.720. The number of Topliss-reactive ketones (excluding diaryl/α,β-unsaturated/α-hetero) is 1. The predicted molar refractivity (Wildman–Crippen MR) is 98.4 cm³/mol. The number of hydrogen-bond donors (Lipinski definition) is 1. The second kappa shape index (κ2) is 8.53. The lowest BCUT2D eigenvalue weighted by Crippen LogP contribution is -2.16. The molecular formula is C20H23NO6. The molecule has 0 saturated carbocycles. The molecule has 0 aliphatic rings. The van der Waals surface area contributed by atoms with Crippen molar-refractivity contribution >= 4 is 17.7 Å². The van der Waals surface area contributed by atoms with Gasteiger partial charge in [-0.05, 0) is 45.4 Å². The number of aryl methyl sites for hydroxylation is 1. The number of esters is 2. The summed E-state index contributed by atoms with van der Waals surface area (Å²) in [5.74, 6) is -1.21. The summed E-state index contributed by atoms with van der Waals surface area (Å²) in [7, 11) is 1.46. The second-order valence-corrected chi connectivity index (χ2v) is 6.28. The Labute approximate surface area is 157 Å². The minimum Gasteiger partial charge on any atom is -0.496 e. The molecule has 0 aliphatic heterocycles. The Hall–Kier alpha value is -3.09. The van der Waals surface area contributed by atoms with E-state index in [0.717, 1.165) is 0 Å². The Morgan fingerprint density at radius 1 is 1.07 bits per heavy atom. The first-order valence-electron chi connectivity index (χ1n) is 8.49. The molecule has 0 radical (unpaired) electrons.